The first-order valence-corrected chi connectivity index (χ1v) is 10.7. The van der Waals surface area contributed by atoms with Gasteiger partial charge in [-0.05, 0) is 43.3 Å². The second-order valence-corrected chi connectivity index (χ2v) is 7.33. The van der Waals surface area contributed by atoms with Crippen LogP contribution in [0.1, 0.15) is 13.3 Å². The van der Waals surface area contributed by atoms with Crippen LogP contribution in [0, 0.1) is 10.1 Å². The van der Waals surface area contributed by atoms with Gasteiger partial charge in [-0.2, -0.15) is 0 Å². The van der Waals surface area contributed by atoms with E-state index < -0.39 is 4.92 Å². The number of methoxy groups -OCH3 is 1. The molecule has 2 aromatic carbocycles. The summed E-state index contributed by atoms with van der Waals surface area (Å²) in [5.74, 6) is 2.33. The molecule has 1 heterocycles. The minimum absolute atomic E-state index is 0.0327. The van der Waals surface area contributed by atoms with Crippen molar-refractivity contribution in [2.75, 3.05) is 25.6 Å². The van der Waals surface area contributed by atoms with E-state index in [-0.39, 0.29) is 11.9 Å². The maximum Gasteiger partial charge on any atom is 0.273 e. The zero-order valence-corrected chi connectivity index (χ0v) is 19.2. The summed E-state index contributed by atoms with van der Waals surface area (Å²) < 4.78 is 16.5. The van der Waals surface area contributed by atoms with Crippen molar-refractivity contribution in [1.29, 1.82) is 0 Å². The van der Waals surface area contributed by atoms with E-state index >= 15 is 0 Å². The van der Waals surface area contributed by atoms with Crippen LogP contribution in [0.15, 0.2) is 89.8 Å². The third kappa shape index (κ3) is 6.94. The maximum absolute atomic E-state index is 11.0. The van der Waals surface area contributed by atoms with E-state index in [2.05, 4.69) is 17.2 Å². The predicted molar refractivity (Wildman–Crippen MR) is 132 cm³/mol. The molecule has 178 valence electrons. The van der Waals surface area contributed by atoms with Crippen molar-refractivity contribution in [1.82, 2.24) is 5.32 Å². The fourth-order valence-electron chi connectivity index (χ4n) is 3.18. The van der Waals surface area contributed by atoms with E-state index in [0.717, 1.165) is 17.0 Å². The van der Waals surface area contributed by atoms with Crippen LogP contribution in [0.4, 0.5) is 11.4 Å². The van der Waals surface area contributed by atoms with Crippen molar-refractivity contribution in [3.63, 3.8) is 0 Å². The first kappa shape index (κ1) is 24.5. The van der Waals surface area contributed by atoms with Crippen LogP contribution in [0.5, 0.6) is 11.5 Å². The van der Waals surface area contributed by atoms with E-state index in [1.54, 1.807) is 38.4 Å². The molecule has 0 saturated carbocycles. The predicted octanol–water partition coefficient (Wildman–Crippen LogP) is 4.80. The number of nitro groups is 1. The fraction of sp³-hybridized carbons (Fsp3) is 0.240. The Morgan fingerprint density at radius 2 is 2.03 bits per heavy atom. The number of aliphatic imine (C=N–C) groups is 1. The van der Waals surface area contributed by atoms with Crippen LogP contribution in [-0.4, -0.2) is 37.2 Å². The number of anilines is 1. The molecule has 9 nitrogen and oxygen atoms in total. The molecule has 0 saturated heterocycles. The Hall–Kier alpha value is -4.11. The number of allylic oxidation sites excluding steroid dienone is 1. The Bertz CT molecular complexity index is 1090. The molecule has 2 N–H and O–H groups in total. The van der Waals surface area contributed by atoms with Gasteiger partial charge in [-0.3, -0.25) is 10.1 Å². The Labute approximate surface area is 198 Å². The minimum Gasteiger partial charge on any atom is -0.491 e. The summed E-state index contributed by atoms with van der Waals surface area (Å²) in [6.45, 7) is 6.64. The maximum atomic E-state index is 11.0. The van der Waals surface area contributed by atoms with Crippen molar-refractivity contribution in [3.8, 4) is 11.5 Å². The number of non-ortho nitro benzene ring substituents is 1. The lowest BCUT2D eigenvalue weighted by Gasteiger charge is -2.17. The van der Waals surface area contributed by atoms with E-state index in [4.69, 9.17) is 19.2 Å². The van der Waals surface area contributed by atoms with Crippen LogP contribution >= 0.6 is 0 Å². The molecule has 0 fully saturated rings. The van der Waals surface area contributed by atoms with Gasteiger partial charge < -0.3 is 24.8 Å². The van der Waals surface area contributed by atoms with Gasteiger partial charge in [0.2, 0.25) is 0 Å². The topological polar surface area (TPSA) is 107 Å². The second-order valence-electron chi connectivity index (χ2n) is 7.33. The van der Waals surface area contributed by atoms with Gasteiger partial charge in [-0.1, -0.05) is 12.1 Å². The van der Waals surface area contributed by atoms with Crippen molar-refractivity contribution in [2.24, 2.45) is 4.99 Å². The van der Waals surface area contributed by atoms with E-state index in [1.165, 1.54) is 12.1 Å². The molecule has 1 aliphatic rings. The Balaban J connectivity index is 1.73. The number of benzene rings is 2. The average molecular weight is 465 g/mol. The highest BCUT2D eigenvalue weighted by Crippen LogP contribution is 2.24. The smallest absolute Gasteiger partial charge is 0.273 e. The average Bonchev–Trinajstić information content (AvgIpc) is 3.29. The summed E-state index contributed by atoms with van der Waals surface area (Å²) in [7, 11) is 1.63. The summed E-state index contributed by atoms with van der Waals surface area (Å²) in [6.07, 6.45) is 5.73. The molecular formula is C25H28N4O5. The van der Waals surface area contributed by atoms with Gasteiger partial charge in [0.15, 0.2) is 0 Å². The SMILES string of the molecule is C=CCC(N=C1NC=C/C1=C(/C)Oc1cccc([N+](=O)[O-])c1)Nc1ccc(OCCOC)cc1. The highest BCUT2D eigenvalue weighted by atomic mass is 16.6. The Morgan fingerprint density at radius 3 is 2.74 bits per heavy atom. The zero-order valence-electron chi connectivity index (χ0n) is 19.2. The van der Waals surface area contributed by atoms with Crippen molar-refractivity contribution in [2.45, 2.75) is 19.5 Å². The molecule has 0 aliphatic carbocycles. The number of nitro benzene ring substituents is 1. The second kappa shape index (κ2) is 12.2. The molecular weight excluding hydrogens is 436 g/mol. The third-order valence-electron chi connectivity index (χ3n) is 4.82. The normalized spacial score (nSPS) is 16.0. The van der Waals surface area contributed by atoms with Gasteiger partial charge in [0.05, 0.1) is 23.2 Å². The highest BCUT2D eigenvalue weighted by molar-refractivity contribution is 6.04. The highest BCUT2D eigenvalue weighted by Gasteiger charge is 2.17. The largest absolute Gasteiger partial charge is 0.491 e. The lowest BCUT2D eigenvalue weighted by atomic mass is 10.2. The third-order valence-corrected chi connectivity index (χ3v) is 4.82. The van der Waals surface area contributed by atoms with Crippen LogP contribution in [0.3, 0.4) is 0 Å². The van der Waals surface area contributed by atoms with Gasteiger partial charge in [0, 0.05) is 31.5 Å². The first-order valence-electron chi connectivity index (χ1n) is 10.7. The minimum atomic E-state index is -0.455. The number of rotatable bonds is 12. The number of nitrogens with one attached hydrogen (secondary N) is 2. The summed E-state index contributed by atoms with van der Waals surface area (Å²) in [5.41, 5.74) is 1.61. The molecule has 0 amide bonds. The summed E-state index contributed by atoms with van der Waals surface area (Å²) >= 11 is 0. The fourth-order valence-corrected chi connectivity index (χ4v) is 3.18. The number of hydrogen-bond donors (Lipinski definition) is 2. The summed E-state index contributed by atoms with van der Waals surface area (Å²) in [4.78, 5) is 15.4. The van der Waals surface area contributed by atoms with E-state index in [0.29, 0.717) is 37.0 Å². The molecule has 0 aromatic heterocycles. The van der Waals surface area contributed by atoms with Crippen molar-refractivity contribution in [3.05, 3.63) is 94.9 Å². The van der Waals surface area contributed by atoms with Crippen LogP contribution in [-0.2, 0) is 4.74 Å². The molecule has 1 unspecified atom stereocenters. The van der Waals surface area contributed by atoms with Gasteiger partial charge in [0.1, 0.15) is 35.9 Å². The molecule has 34 heavy (non-hydrogen) atoms. The van der Waals surface area contributed by atoms with Gasteiger partial charge in [-0.25, -0.2) is 4.99 Å². The molecule has 2 aromatic rings. The van der Waals surface area contributed by atoms with Crippen LogP contribution in [0.2, 0.25) is 0 Å². The lowest BCUT2D eigenvalue weighted by Crippen LogP contribution is -2.23. The summed E-state index contributed by atoms with van der Waals surface area (Å²) in [6, 6.07) is 13.7. The van der Waals surface area contributed by atoms with Crippen LogP contribution in [0.25, 0.3) is 0 Å². The number of ether oxygens (including phenoxy) is 3. The summed E-state index contributed by atoms with van der Waals surface area (Å²) in [5, 5.41) is 17.5. The molecule has 1 atom stereocenters. The Morgan fingerprint density at radius 1 is 1.24 bits per heavy atom. The Kier molecular flexibility index (Phi) is 8.81. The number of hydrogen-bond acceptors (Lipinski definition) is 7. The standard InChI is InChI=1S/C25H28N4O5/c1-4-6-24(27-19-9-11-21(12-10-19)33-16-15-32-3)28-25-23(13-14-26-25)18(2)34-22-8-5-7-20(17-22)29(30)31/h4-5,7-14,17,24,27H,1,6,15-16H2,2-3H3,(H,26,28)/b23-18+. The molecule has 1 aliphatic heterocycles. The van der Waals surface area contributed by atoms with E-state index in [1.807, 2.05) is 30.3 Å². The lowest BCUT2D eigenvalue weighted by molar-refractivity contribution is -0.384. The molecule has 0 spiro atoms. The quantitative estimate of drug-likeness (QED) is 0.153. The molecule has 0 radical (unpaired) electrons. The first-order chi connectivity index (χ1) is 16.5. The van der Waals surface area contributed by atoms with Crippen molar-refractivity contribution < 1.29 is 19.1 Å². The van der Waals surface area contributed by atoms with Crippen molar-refractivity contribution >= 4 is 17.2 Å². The molecule has 0 bridgehead atoms. The zero-order chi connectivity index (χ0) is 24.3. The van der Waals surface area contributed by atoms with Crippen LogP contribution < -0.4 is 20.1 Å². The molecule has 3 rings (SSSR count). The van der Waals surface area contributed by atoms with Gasteiger partial charge in [0.25, 0.3) is 5.69 Å². The van der Waals surface area contributed by atoms with Gasteiger partial charge >= 0.3 is 0 Å². The van der Waals surface area contributed by atoms with E-state index in [9.17, 15) is 10.1 Å². The van der Waals surface area contributed by atoms with Gasteiger partial charge in [-0.15, -0.1) is 6.58 Å². The number of nitrogens with zero attached hydrogens (tertiary/aromatic N) is 2. The monoisotopic (exact) mass is 464 g/mol. The number of amidine groups is 1. The molecule has 9 heteroatoms.